The van der Waals surface area contributed by atoms with Crippen molar-refractivity contribution in [2.45, 2.75) is 25.7 Å². The van der Waals surface area contributed by atoms with Gasteiger partial charge in [0.25, 0.3) is 5.69 Å². The van der Waals surface area contributed by atoms with E-state index < -0.39 is 4.92 Å². The number of nitro benzene ring substituents is 1. The van der Waals surface area contributed by atoms with Gasteiger partial charge < -0.3 is 10.2 Å². The van der Waals surface area contributed by atoms with Gasteiger partial charge in [-0.1, -0.05) is 18.2 Å². The third-order valence-electron chi connectivity index (χ3n) is 3.66. The Morgan fingerprint density at radius 1 is 1.23 bits per heavy atom. The van der Waals surface area contributed by atoms with Gasteiger partial charge in [0, 0.05) is 37.7 Å². The lowest BCUT2D eigenvalue weighted by molar-refractivity contribution is -0.385. The molecule has 0 atom stereocenters. The van der Waals surface area contributed by atoms with E-state index in [2.05, 4.69) is 5.32 Å². The third kappa shape index (κ3) is 4.28. The second kappa shape index (κ2) is 7.53. The Balaban J connectivity index is 1.78. The molecule has 1 aromatic carbocycles. The van der Waals surface area contributed by atoms with Crippen LogP contribution in [0.1, 0.15) is 24.8 Å². The highest BCUT2D eigenvalue weighted by Crippen LogP contribution is 2.17. The summed E-state index contributed by atoms with van der Waals surface area (Å²) in [5.41, 5.74) is 0.307. The van der Waals surface area contributed by atoms with Crippen LogP contribution in [0.25, 0.3) is 0 Å². The predicted molar refractivity (Wildman–Crippen MR) is 80.2 cm³/mol. The van der Waals surface area contributed by atoms with E-state index in [1.54, 1.807) is 23.1 Å². The minimum Gasteiger partial charge on any atom is -0.355 e. The number of benzene rings is 1. The van der Waals surface area contributed by atoms with Crippen LogP contribution in [-0.4, -0.2) is 41.3 Å². The highest BCUT2D eigenvalue weighted by atomic mass is 16.6. The lowest BCUT2D eigenvalue weighted by Gasteiger charge is -2.15. The molecule has 1 aliphatic heterocycles. The summed E-state index contributed by atoms with van der Waals surface area (Å²) in [5, 5.41) is 13.5. The van der Waals surface area contributed by atoms with Gasteiger partial charge in [-0.3, -0.25) is 19.7 Å². The summed E-state index contributed by atoms with van der Waals surface area (Å²) in [5.74, 6) is -0.271. The number of amides is 2. The molecule has 0 radical (unpaired) electrons. The minimum atomic E-state index is -0.500. The van der Waals surface area contributed by atoms with E-state index >= 15 is 0 Å². The zero-order valence-electron chi connectivity index (χ0n) is 12.3. The Morgan fingerprint density at radius 3 is 2.59 bits per heavy atom. The van der Waals surface area contributed by atoms with Crippen molar-refractivity contribution in [3.63, 3.8) is 0 Å². The maximum Gasteiger partial charge on any atom is 0.273 e. The monoisotopic (exact) mass is 305 g/mol. The maximum atomic E-state index is 11.8. The number of rotatable bonds is 6. The Kier molecular flexibility index (Phi) is 5.46. The molecule has 1 aromatic rings. The lowest BCUT2D eigenvalue weighted by Crippen LogP contribution is -2.33. The molecule has 7 nitrogen and oxygen atoms in total. The van der Waals surface area contributed by atoms with Gasteiger partial charge in [0.05, 0.1) is 11.3 Å². The lowest BCUT2D eigenvalue weighted by atomic mass is 10.1. The summed E-state index contributed by atoms with van der Waals surface area (Å²) in [6.45, 7) is 1.85. The average molecular weight is 305 g/mol. The number of nitrogens with zero attached hydrogens (tertiary/aromatic N) is 2. The van der Waals surface area contributed by atoms with Crippen molar-refractivity contribution in [1.29, 1.82) is 0 Å². The molecule has 0 aliphatic carbocycles. The van der Waals surface area contributed by atoms with E-state index in [0.717, 1.165) is 25.9 Å². The Bertz CT molecular complexity index is 568. The molecule has 1 fully saturated rings. The first-order valence-corrected chi connectivity index (χ1v) is 7.34. The molecule has 0 bridgehead atoms. The van der Waals surface area contributed by atoms with Crippen molar-refractivity contribution in [1.82, 2.24) is 10.2 Å². The Morgan fingerprint density at radius 2 is 1.91 bits per heavy atom. The van der Waals surface area contributed by atoms with Gasteiger partial charge >= 0.3 is 0 Å². The fraction of sp³-hybridized carbons (Fsp3) is 0.467. The zero-order valence-corrected chi connectivity index (χ0v) is 12.3. The SMILES string of the molecule is O=C(Cc1ccccc1[N+](=O)[O-])NCCC(=O)N1CCCC1. The topological polar surface area (TPSA) is 92.5 Å². The maximum absolute atomic E-state index is 11.8. The predicted octanol–water partition coefficient (Wildman–Crippen LogP) is 1.27. The van der Waals surface area contributed by atoms with Crippen LogP contribution in [0, 0.1) is 10.1 Å². The van der Waals surface area contributed by atoms with Crippen LogP contribution in [0.3, 0.4) is 0 Å². The van der Waals surface area contributed by atoms with E-state index in [1.165, 1.54) is 6.07 Å². The van der Waals surface area contributed by atoms with Crippen molar-refractivity contribution >= 4 is 17.5 Å². The summed E-state index contributed by atoms with van der Waals surface area (Å²) >= 11 is 0. The number of hydrogen-bond acceptors (Lipinski definition) is 4. The standard InChI is InChI=1S/C15H19N3O4/c19-14(11-12-5-1-2-6-13(12)18(21)22)16-8-7-15(20)17-9-3-4-10-17/h1-2,5-6H,3-4,7-11H2,(H,16,19). The molecule has 2 amide bonds. The smallest absolute Gasteiger partial charge is 0.273 e. The van der Waals surface area contributed by atoms with E-state index in [9.17, 15) is 19.7 Å². The van der Waals surface area contributed by atoms with Crippen LogP contribution in [0.15, 0.2) is 24.3 Å². The van der Waals surface area contributed by atoms with Crippen molar-refractivity contribution in [2.75, 3.05) is 19.6 Å². The summed E-state index contributed by atoms with van der Waals surface area (Å²) in [4.78, 5) is 35.8. The van der Waals surface area contributed by atoms with Crippen LogP contribution < -0.4 is 5.32 Å². The second-order valence-corrected chi connectivity index (χ2v) is 5.25. The Labute approximate surface area is 128 Å². The molecule has 1 aliphatic rings. The first kappa shape index (κ1) is 15.9. The first-order chi connectivity index (χ1) is 10.6. The van der Waals surface area contributed by atoms with E-state index in [1.807, 2.05) is 0 Å². The Hall–Kier alpha value is -2.44. The highest BCUT2D eigenvalue weighted by Gasteiger charge is 2.18. The van der Waals surface area contributed by atoms with E-state index in [0.29, 0.717) is 5.56 Å². The van der Waals surface area contributed by atoms with Crippen molar-refractivity contribution in [2.24, 2.45) is 0 Å². The van der Waals surface area contributed by atoms with Crippen LogP contribution in [-0.2, 0) is 16.0 Å². The van der Waals surface area contributed by atoms with E-state index in [4.69, 9.17) is 0 Å². The quantitative estimate of drug-likeness (QED) is 0.632. The molecule has 118 valence electrons. The summed E-state index contributed by atoms with van der Waals surface area (Å²) in [6, 6.07) is 6.16. The number of nitrogens with one attached hydrogen (secondary N) is 1. The van der Waals surface area contributed by atoms with Crippen LogP contribution in [0.5, 0.6) is 0 Å². The van der Waals surface area contributed by atoms with Gasteiger partial charge in [0.15, 0.2) is 0 Å². The van der Waals surface area contributed by atoms with Gasteiger partial charge in [-0.05, 0) is 12.8 Å². The molecular weight excluding hydrogens is 286 g/mol. The van der Waals surface area contributed by atoms with Gasteiger partial charge in [-0.15, -0.1) is 0 Å². The molecule has 0 spiro atoms. The first-order valence-electron chi connectivity index (χ1n) is 7.34. The van der Waals surface area contributed by atoms with Gasteiger partial charge in [-0.25, -0.2) is 0 Å². The fourth-order valence-corrected chi connectivity index (χ4v) is 2.51. The molecule has 7 heteroatoms. The van der Waals surface area contributed by atoms with Gasteiger partial charge in [0.1, 0.15) is 0 Å². The molecule has 1 saturated heterocycles. The molecule has 2 rings (SSSR count). The van der Waals surface area contributed by atoms with Gasteiger partial charge in [0.2, 0.25) is 11.8 Å². The average Bonchev–Trinajstić information content (AvgIpc) is 3.01. The van der Waals surface area contributed by atoms with Crippen LogP contribution in [0.4, 0.5) is 5.69 Å². The zero-order chi connectivity index (χ0) is 15.9. The van der Waals surface area contributed by atoms with Crippen molar-refractivity contribution in [3.05, 3.63) is 39.9 Å². The molecule has 0 saturated carbocycles. The number of para-hydroxylation sites is 1. The number of hydrogen-bond donors (Lipinski definition) is 1. The van der Waals surface area contributed by atoms with Gasteiger partial charge in [-0.2, -0.15) is 0 Å². The molecule has 0 unspecified atom stereocenters. The number of likely N-dealkylation sites (tertiary alicyclic amines) is 1. The van der Waals surface area contributed by atoms with Crippen LogP contribution in [0.2, 0.25) is 0 Å². The molecule has 22 heavy (non-hydrogen) atoms. The summed E-state index contributed by atoms with van der Waals surface area (Å²) < 4.78 is 0. The number of nitro groups is 1. The highest BCUT2D eigenvalue weighted by molar-refractivity contribution is 5.81. The second-order valence-electron chi connectivity index (χ2n) is 5.25. The summed E-state index contributed by atoms with van der Waals surface area (Å²) in [6.07, 6.45) is 2.28. The molecule has 1 N–H and O–H groups in total. The number of carbonyl (C=O) groups is 2. The molecule has 0 aromatic heterocycles. The third-order valence-corrected chi connectivity index (χ3v) is 3.66. The summed E-state index contributed by atoms with van der Waals surface area (Å²) in [7, 11) is 0. The van der Waals surface area contributed by atoms with E-state index in [-0.39, 0.29) is 36.9 Å². The molecular formula is C15H19N3O4. The fourth-order valence-electron chi connectivity index (χ4n) is 2.51. The van der Waals surface area contributed by atoms with Crippen LogP contribution >= 0.6 is 0 Å². The van der Waals surface area contributed by atoms with Crippen molar-refractivity contribution < 1.29 is 14.5 Å². The minimum absolute atomic E-state index is 0.0449. The largest absolute Gasteiger partial charge is 0.355 e. The normalized spacial score (nSPS) is 13.9. The molecule has 1 heterocycles. The number of carbonyl (C=O) groups excluding carboxylic acids is 2. The van der Waals surface area contributed by atoms with Crippen molar-refractivity contribution in [3.8, 4) is 0 Å².